The summed E-state index contributed by atoms with van der Waals surface area (Å²) in [5.74, 6) is -0.311. The lowest BCUT2D eigenvalue weighted by atomic mass is 10.2. The average Bonchev–Trinajstić information content (AvgIpc) is 3.18. The van der Waals surface area contributed by atoms with Gasteiger partial charge in [-0.05, 0) is 48.0 Å². The van der Waals surface area contributed by atoms with Gasteiger partial charge in [-0.2, -0.15) is 8.78 Å². The fraction of sp³-hybridized carbons (Fsp3) is 0.0435. The third kappa shape index (κ3) is 4.36. The van der Waals surface area contributed by atoms with Gasteiger partial charge in [0.25, 0.3) is 5.69 Å². The number of anilines is 1. The smallest absolute Gasteiger partial charge is 0.320 e. The van der Waals surface area contributed by atoms with Gasteiger partial charge >= 0.3 is 6.55 Å². The Morgan fingerprint density at radius 3 is 2.53 bits per heavy atom. The van der Waals surface area contributed by atoms with Gasteiger partial charge in [0.15, 0.2) is 0 Å². The summed E-state index contributed by atoms with van der Waals surface area (Å²) in [5.41, 5.74) is 2.18. The van der Waals surface area contributed by atoms with E-state index in [2.05, 4.69) is 10.3 Å². The van der Waals surface area contributed by atoms with Crippen molar-refractivity contribution < 1.29 is 18.5 Å². The van der Waals surface area contributed by atoms with Crippen LogP contribution in [0.15, 0.2) is 78.9 Å². The van der Waals surface area contributed by atoms with Crippen LogP contribution in [0.25, 0.3) is 28.5 Å². The van der Waals surface area contributed by atoms with Crippen LogP contribution in [-0.2, 0) is 4.79 Å². The van der Waals surface area contributed by atoms with Crippen LogP contribution >= 0.6 is 0 Å². The van der Waals surface area contributed by atoms with Gasteiger partial charge in [0.2, 0.25) is 5.91 Å². The summed E-state index contributed by atoms with van der Waals surface area (Å²) in [5, 5.41) is 13.5. The molecule has 4 rings (SSSR count). The van der Waals surface area contributed by atoms with Crippen molar-refractivity contribution in [2.24, 2.45) is 0 Å². The SMILES string of the molecule is O=C(/C=C/c1cccc([N+](=O)[O-])c1)Nc1ccc(-c2nc3ccccc3n2C(F)F)cc1. The molecule has 3 aromatic carbocycles. The minimum Gasteiger partial charge on any atom is -0.323 e. The van der Waals surface area contributed by atoms with Crippen LogP contribution in [-0.4, -0.2) is 20.4 Å². The number of nitro groups is 1. The number of halogens is 2. The fourth-order valence-electron chi connectivity index (χ4n) is 3.25. The number of non-ortho nitro benzene ring substituents is 1. The maximum atomic E-state index is 13.6. The highest BCUT2D eigenvalue weighted by Crippen LogP contribution is 2.30. The molecule has 1 amide bonds. The molecule has 0 saturated carbocycles. The molecule has 9 heteroatoms. The second-order valence-corrected chi connectivity index (χ2v) is 6.82. The minimum absolute atomic E-state index is 0.0713. The number of benzene rings is 3. The number of amides is 1. The zero-order valence-electron chi connectivity index (χ0n) is 16.5. The minimum atomic E-state index is -2.75. The lowest BCUT2D eigenvalue weighted by Gasteiger charge is -2.09. The number of nitrogens with one attached hydrogen (secondary N) is 1. The van der Waals surface area contributed by atoms with Crippen molar-refractivity contribution in [2.75, 3.05) is 5.32 Å². The first-order valence-electron chi connectivity index (χ1n) is 9.51. The molecular formula is C23H16F2N4O3. The number of hydrogen-bond acceptors (Lipinski definition) is 4. The van der Waals surface area contributed by atoms with E-state index >= 15 is 0 Å². The Morgan fingerprint density at radius 2 is 1.81 bits per heavy atom. The maximum absolute atomic E-state index is 13.6. The van der Waals surface area contributed by atoms with Crippen LogP contribution in [0, 0.1) is 10.1 Å². The molecule has 1 heterocycles. The Hall–Kier alpha value is -4.40. The van der Waals surface area contributed by atoms with Gasteiger partial charge in [-0.15, -0.1) is 0 Å². The molecule has 7 nitrogen and oxygen atoms in total. The molecule has 0 spiro atoms. The predicted octanol–water partition coefficient (Wildman–Crippen LogP) is 5.66. The van der Waals surface area contributed by atoms with Gasteiger partial charge in [-0.3, -0.25) is 19.5 Å². The average molecular weight is 434 g/mol. The summed E-state index contributed by atoms with van der Waals surface area (Å²) in [6.45, 7) is -2.75. The zero-order valence-corrected chi connectivity index (χ0v) is 16.5. The molecule has 0 unspecified atom stereocenters. The largest absolute Gasteiger partial charge is 0.323 e. The third-order valence-corrected chi connectivity index (χ3v) is 4.71. The molecule has 0 saturated heterocycles. The number of hydrogen-bond donors (Lipinski definition) is 1. The zero-order chi connectivity index (χ0) is 22.7. The monoisotopic (exact) mass is 434 g/mol. The number of aromatic nitrogens is 2. The third-order valence-electron chi connectivity index (χ3n) is 4.71. The number of rotatable bonds is 6. The first-order valence-corrected chi connectivity index (χ1v) is 9.51. The molecule has 0 atom stereocenters. The highest BCUT2D eigenvalue weighted by molar-refractivity contribution is 6.02. The normalized spacial score (nSPS) is 11.3. The van der Waals surface area contributed by atoms with E-state index < -0.39 is 17.4 Å². The second kappa shape index (κ2) is 8.76. The molecule has 0 radical (unpaired) electrons. The first-order chi connectivity index (χ1) is 15.4. The molecule has 4 aromatic rings. The summed E-state index contributed by atoms with van der Waals surface area (Å²) >= 11 is 0. The van der Waals surface area contributed by atoms with Gasteiger partial charge in [-0.25, -0.2) is 4.98 Å². The predicted molar refractivity (Wildman–Crippen MR) is 117 cm³/mol. The summed E-state index contributed by atoms with van der Waals surface area (Å²) in [6.07, 6.45) is 2.71. The number of imidazole rings is 1. The van der Waals surface area contributed by atoms with Crippen LogP contribution in [0.5, 0.6) is 0 Å². The quantitative estimate of drug-likeness (QED) is 0.241. The van der Waals surface area contributed by atoms with Crippen LogP contribution in [0.3, 0.4) is 0 Å². The standard InChI is InChI=1S/C23H16F2N4O3/c24-23(25)28-20-7-2-1-6-19(20)27-22(28)16-9-11-17(12-10-16)26-21(30)13-8-15-4-3-5-18(14-15)29(31)32/h1-14,23H,(H,26,30)/b13-8+. The lowest BCUT2D eigenvalue weighted by Crippen LogP contribution is -2.07. The van der Waals surface area contributed by atoms with Crippen molar-refractivity contribution >= 4 is 34.4 Å². The van der Waals surface area contributed by atoms with E-state index in [-0.39, 0.29) is 11.5 Å². The second-order valence-electron chi connectivity index (χ2n) is 6.82. The van der Waals surface area contributed by atoms with E-state index in [1.165, 1.54) is 30.4 Å². The van der Waals surface area contributed by atoms with Crippen molar-refractivity contribution in [3.8, 4) is 11.4 Å². The van der Waals surface area contributed by atoms with E-state index in [0.29, 0.717) is 27.8 Å². The van der Waals surface area contributed by atoms with Crippen molar-refractivity contribution in [2.45, 2.75) is 6.55 Å². The molecule has 0 aliphatic rings. The Bertz CT molecular complexity index is 1330. The van der Waals surface area contributed by atoms with Crippen LogP contribution in [0.4, 0.5) is 20.2 Å². The number of carbonyl (C=O) groups is 1. The van der Waals surface area contributed by atoms with Crippen molar-refractivity contribution in [1.29, 1.82) is 0 Å². The van der Waals surface area contributed by atoms with E-state index in [0.717, 1.165) is 4.57 Å². The molecule has 32 heavy (non-hydrogen) atoms. The van der Waals surface area contributed by atoms with Gasteiger partial charge in [0.1, 0.15) is 5.82 Å². The Balaban J connectivity index is 1.51. The number of nitro benzene ring substituents is 1. The number of nitrogens with zero attached hydrogens (tertiary/aromatic N) is 3. The summed E-state index contributed by atoms with van der Waals surface area (Å²) in [4.78, 5) is 26.8. The highest BCUT2D eigenvalue weighted by Gasteiger charge is 2.18. The van der Waals surface area contributed by atoms with Crippen LogP contribution in [0.1, 0.15) is 12.1 Å². The molecule has 1 N–H and O–H groups in total. The molecule has 0 aliphatic heterocycles. The van der Waals surface area contributed by atoms with Crippen molar-refractivity contribution in [3.63, 3.8) is 0 Å². The first kappa shape index (κ1) is 20.9. The Kier molecular flexibility index (Phi) is 5.71. The fourth-order valence-corrected chi connectivity index (χ4v) is 3.25. The van der Waals surface area contributed by atoms with Crippen molar-refractivity contribution in [3.05, 3.63) is 94.6 Å². The molecule has 0 fully saturated rings. The summed E-state index contributed by atoms with van der Waals surface area (Å²) < 4.78 is 28.2. The number of carbonyl (C=O) groups excluding carboxylic acids is 1. The topological polar surface area (TPSA) is 90.1 Å². The van der Waals surface area contributed by atoms with Gasteiger partial charge in [0.05, 0.1) is 16.0 Å². The Morgan fingerprint density at radius 1 is 1.06 bits per heavy atom. The number of fused-ring (bicyclic) bond motifs is 1. The lowest BCUT2D eigenvalue weighted by molar-refractivity contribution is -0.384. The number of para-hydroxylation sites is 2. The van der Waals surface area contributed by atoms with E-state index in [4.69, 9.17) is 0 Å². The molecular weight excluding hydrogens is 418 g/mol. The van der Waals surface area contributed by atoms with E-state index in [9.17, 15) is 23.7 Å². The Labute approximate surface area is 180 Å². The van der Waals surface area contributed by atoms with Gasteiger partial charge in [-0.1, -0.05) is 24.3 Å². The van der Waals surface area contributed by atoms with Crippen molar-refractivity contribution in [1.82, 2.24) is 9.55 Å². The van der Waals surface area contributed by atoms with E-state index in [1.54, 1.807) is 54.6 Å². The summed E-state index contributed by atoms with van der Waals surface area (Å²) in [7, 11) is 0. The highest BCUT2D eigenvalue weighted by atomic mass is 19.3. The molecule has 0 bridgehead atoms. The van der Waals surface area contributed by atoms with Gasteiger partial charge < -0.3 is 5.32 Å². The number of alkyl halides is 2. The maximum Gasteiger partial charge on any atom is 0.320 e. The van der Waals surface area contributed by atoms with Crippen LogP contribution < -0.4 is 5.32 Å². The summed E-state index contributed by atoms with van der Waals surface area (Å²) in [6, 6.07) is 18.9. The molecule has 0 aliphatic carbocycles. The molecule has 1 aromatic heterocycles. The molecule has 160 valence electrons. The van der Waals surface area contributed by atoms with Crippen LogP contribution in [0.2, 0.25) is 0 Å². The van der Waals surface area contributed by atoms with E-state index in [1.807, 2.05) is 0 Å². The van der Waals surface area contributed by atoms with Gasteiger partial charge in [0, 0.05) is 29.5 Å².